The number of allylic oxidation sites excluding steroid dienone is 1. The summed E-state index contributed by atoms with van der Waals surface area (Å²) < 4.78 is 4.62. The second-order valence-electron chi connectivity index (χ2n) is 5.87. The summed E-state index contributed by atoms with van der Waals surface area (Å²) in [5.41, 5.74) is 1.43. The van der Waals surface area contributed by atoms with Crippen LogP contribution in [0.5, 0.6) is 0 Å². The minimum atomic E-state index is 0.0756. The van der Waals surface area contributed by atoms with Gasteiger partial charge in [-0.15, -0.1) is 6.58 Å². The average Bonchev–Trinajstić information content (AvgIpc) is 2.75. The SMILES string of the molecule is C=CCn1c(C)nn(CNC2(c3ccccc3)CCC2)c1=S. The molecule has 0 unspecified atom stereocenters. The van der Waals surface area contributed by atoms with E-state index >= 15 is 0 Å². The van der Waals surface area contributed by atoms with Crippen molar-refractivity contribution in [2.75, 3.05) is 0 Å². The Bertz CT molecular complexity index is 710. The van der Waals surface area contributed by atoms with Crippen molar-refractivity contribution < 1.29 is 0 Å². The first-order valence-electron chi connectivity index (χ1n) is 7.72. The molecule has 4 nitrogen and oxygen atoms in total. The van der Waals surface area contributed by atoms with Crippen LogP contribution in [0, 0.1) is 11.7 Å². The van der Waals surface area contributed by atoms with E-state index in [2.05, 4.69) is 47.3 Å². The van der Waals surface area contributed by atoms with Gasteiger partial charge >= 0.3 is 0 Å². The topological polar surface area (TPSA) is 34.8 Å². The number of hydrogen-bond acceptors (Lipinski definition) is 3. The monoisotopic (exact) mass is 314 g/mol. The van der Waals surface area contributed by atoms with Crippen LogP contribution in [0.2, 0.25) is 0 Å². The van der Waals surface area contributed by atoms with Crippen LogP contribution in [0.1, 0.15) is 30.7 Å². The maximum atomic E-state index is 5.51. The number of nitrogens with one attached hydrogen (secondary N) is 1. The van der Waals surface area contributed by atoms with Crippen LogP contribution in [0.4, 0.5) is 0 Å². The van der Waals surface area contributed by atoms with Gasteiger partial charge in [-0.2, -0.15) is 5.10 Å². The Morgan fingerprint density at radius 2 is 2.09 bits per heavy atom. The molecule has 0 aliphatic heterocycles. The highest BCUT2D eigenvalue weighted by molar-refractivity contribution is 7.71. The van der Waals surface area contributed by atoms with E-state index in [1.165, 1.54) is 12.0 Å². The quantitative estimate of drug-likeness (QED) is 0.654. The molecule has 2 aromatic rings. The Hall–Kier alpha value is -1.72. The van der Waals surface area contributed by atoms with Gasteiger partial charge in [0, 0.05) is 12.1 Å². The maximum Gasteiger partial charge on any atom is 0.199 e. The Morgan fingerprint density at radius 3 is 2.68 bits per heavy atom. The second kappa shape index (κ2) is 6.18. The largest absolute Gasteiger partial charge is 0.300 e. The van der Waals surface area contributed by atoms with Gasteiger partial charge in [-0.3, -0.25) is 5.32 Å². The molecular weight excluding hydrogens is 292 g/mol. The summed E-state index contributed by atoms with van der Waals surface area (Å²) in [6.45, 7) is 7.09. The Balaban J connectivity index is 1.79. The average molecular weight is 314 g/mol. The first kappa shape index (κ1) is 15.2. The standard InChI is InChI=1S/C17H22N4S/c1-3-12-20-14(2)19-21(16(20)22)13-18-17(10-7-11-17)15-8-5-4-6-9-15/h3-6,8-9,18H,1,7,10-13H2,2H3. The molecule has 5 heteroatoms. The molecule has 0 amide bonds. The fourth-order valence-corrected chi connectivity index (χ4v) is 3.38. The van der Waals surface area contributed by atoms with Crippen LogP contribution in [-0.4, -0.2) is 14.3 Å². The Labute approximate surface area is 136 Å². The lowest BCUT2D eigenvalue weighted by Crippen LogP contribution is -2.48. The van der Waals surface area contributed by atoms with Gasteiger partial charge in [0.1, 0.15) is 5.82 Å². The third kappa shape index (κ3) is 2.66. The van der Waals surface area contributed by atoms with Crippen molar-refractivity contribution >= 4 is 12.2 Å². The molecule has 0 saturated heterocycles. The van der Waals surface area contributed by atoms with Gasteiger partial charge in [-0.05, 0) is 44.0 Å². The minimum Gasteiger partial charge on any atom is -0.300 e. The zero-order valence-corrected chi connectivity index (χ0v) is 13.8. The first-order chi connectivity index (χ1) is 10.7. The zero-order valence-electron chi connectivity index (χ0n) is 13.0. The fraction of sp³-hybridized carbons (Fsp3) is 0.412. The first-order valence-corrected chi connectivity index (χ1v) is 8.13. The molecule has 22 heavy (non-hydrogen) atoms. The van der Waals surface area contributed by atoms with Gasteiger partial charge in [-0.25, -0.2) is 4.68 Å². The van der Waals surface area contributed by atoms with Crippen molar-refractivity contribution in [3.8, 4) is 0 Å². The highest BCUT2D eigenvalue weighted by Gasteiger charge is 2.38. The molecule has 1 heterocycles. The van der Waals surface area contributed by atoms with Gasteiger partial charge in [0.05, 0.1) is 6.67 Å². The molecule has 3 rings (SSSR count). The lowest BCUT2D eigenvalue weighted by Gasteiger charge is -2.43. The number of hydrogen-bond donors (Lipinski definition) is 1. The van der Waals surface area contributed by atoms with Crippen LogP contribution in [0.25, 0.3) is 0 Å². The third-order valence-electron chi connectivity index (χ3n) is 4.52. The van der Waals surface area contributed by atoms with E-state index in [4.69, 9.17) is 12.2 Å². The summed E-state index contributed by atoms with van der Waals surface area (Å²) >= 11 is 5.51. The van der Waals surface area contributed by atoms with Gasteiger partial charge in [0.15, 0.2) is 4.77 Å². The van der Waals surface area contributed by atoms with Gasteiger partial charge in [-0.1, -0.05) is 36.4 Å². The van der Waals surface area contributed by atoms with Crippen LogP contribution in [-0.2, 0) is 18.8 Å². The van der Waals surface area contributed by atoms with E-state index in [1.807, 2.05) is 22.2 Å². The van der Waals surface area contributed by atoms with Gasteiger partial charge in [0.25, 0.3) is 0 Å². The van der Waals surface area contributed by atoms with Crippen molar-refractivity contribution in [3.63, 3.8) is 0 Å². The van der Waals surface area contributed by atoms with Crippen LogP contribution >= 0.6 is 12.2 Å². The Kier molecular flexibility index (Phi) is 4.27. The molecule has 1 fully saturated rings. The summed E-state index contributed by atoms with van der Waals surface area (Å²) in [6, 6.07) is 10.7. The number of rotatable bonds is 6. The van der Waals surface area contributed by atoms with Crippen molar-refractivity contribution in [3.05, 3.63) is 59.1 Å². The van der Waals surface area contributed by atoms with E-state index in [0.29, 0.717) is 13.2 Å². The molecule has 0 radical (unpaired) electrons. The maximum absolute atomic E-state index is 5.51. The smallest absolute Gasteiger partial charge is 0.199 e. The summed E-state index contributed by atoms with van der Waals surface area (Å²) in [7, 11) is 0. The van der Waals surface area contributed by atoms with Crippen molar-refractivity contribution in [2.45, 2.75) is 44.9 Å². The highest BCUT2D eigenvalue weighted by Crippen LogP contribution is 2.41. The Morgan fingerprint density at radius 1 is 1.36 bits per heavy atom. The zero-order chi connectivity index (χ0) is 15.6. The predicted molar refractivity (Wildman–Crippen MR) is 91.1 cm³/mol. The number of benzene rings is 1. The molecule has 1 N–H and O–H groups in total. The molecule has 1 saturated carbocycles. The molecule has 1 aromatic heterocycles. The van der Waals surface area contributed by atoms with Crippen LogP contribution in [0.3, 0.4) is 0 Å². The van der Waals surface area contributed by atoms with E-state index in [0.717, 1.165) is 23.4 Å². The van der Waals surface area contributed by atoms with Crippen molar-refractivity contribution in [1.82, 2.24) is 19.7 Å². The van der Waals surface area contributed by atoms with Gasteiger partial charge in [0.2, 0.25) is 0 Å². The molecule has 0 bridgehead atoms. The molecular formula is C17H22N4S. The van der Waals surface area contributed by atoms with Crippen LogP contribution < -0.4 is 5.32 Å². The molecule has 1 aromatic carbocycles. The summed E-state index contributed by atoms with van der Waals surface area (Å²) in [6.07, 6.45) is 5.43. The van der Waals surface area contributed by atoms with Crippen molar-refractivity contribution in [1.29, 1.82) is 0 Å². The molecule has 0 spiro atoms. The number of aromatic nitrogens is 3. The molecule has 116 valence electrons. The molecule has 1 aliphatic carbocycles. The van der Waals surface area contributed by atoms with Crippen LogP contribution in [0.15, 0.2) is 43.0 Å². The summed E-state index contributed by atoms with van der Waals surface area (Å²) in [4.78, 5) is 0. The summed E-state index contributed by atoms with van der Waals surface area (Å²) in [5, 5.41) is 8.23. The van der Waals surface area contributed by atoms with E-state index in [1.54, 1.807) is 0 Å². The lowest BCUT2D eigenvalue weighted by molar-refractivity contribution is 0.166. The normalized spacial score (nSPS) is 16.2. The van der Waals surface area contributed by atoms with E-state index in [9.17, 15) is 0 Å². The summed E-state index contributed by atoms with van der Waals surface area (Å²) in [5.74, 6) is 0.925. The van der Waals surface area contributed by atoms with E-state index in [-0.39, 0.29) is 5.54 Å². The lowest BCUT2D eigenvalue weighted by atomic mass is 9.72. The fourth-order valence-electron chi connectivity index (χ4n) is 3.07. The molecule has 1 aliphatic rings. The molecule has 0 atom stereocenters. The van der Waals surface area contributed by atoms with Gasteiger partial charge < -0.3 is 4.57 Å². The highest BCUT2D eigenvalue weighted by atomic mass is 32.1. The van der Waals surface area contributed by atoms with Crippen molar-refractivity contribution in [2.24, 2.45) is 0 Å². The predicted octanol–water partition coefficient (Wildman–Crippen LogP) is 3.54. The second-order valence-corrected chi connectivity index (χ2v) is 6.23. The number of aryl methyl sites for hydroxylation is 1. The minimum absolute atomic E-state index is 0.0756. The van der Waals surface area contributed by atoms with E-state index < -0.39 is 0 Å². The number of nitrogens with zero attached hydrogens (tertiary/aromatic N) is 3. The third-order valence-corrected chi connectivity index (χ3v) is 4.95.